The number of oxime groups is 1. The normalized spacial score (nSPS) is 25.4. The Labute approximate surface area is 172 Å². The van der Waals surface area contributed by atoms with Crippen LogP contribution in [0.2, 0.25) is 0 Å². The fraction of sp³-hybridized carbons (Fsp3) is 0.533. The molecule has 0 aromatic heterocycles. The molecule has 0 fully saturated rings. The number of guanidine groups is 1. The summed E-state index contributed by atoms with van der Waals surface area (Å²) in [5, 5.41) is 26.8. The van der Waals surface area contributed by atoms with E-state index in [2.05, 4.69) is 47.3 Å². The van der Waals surface area contributed by atoms with Gasteiger partial charge in [-0.25, -0.2) is 0 Å². The number of allylic oxidation sites excluding steroid dienone is 1. The molecule has 3 atom stereocenters. The summed E-state index contributed by atoms with van der Waals surface area (Å²) in [6, 6.07) is 0. The summed E-state index contributed by atoms with van der Waals surface area (Å²) in [5.41, 5.74) is 9.28. The minimum Gasteiger partial charge on any atom is -0.495 e. The molecule has 0 radical (unpaired) electrons. The minimum absolute atomic E-state index is 0.00432. The van der Waals surface area contributed by atoms with Crippen LogP contribution in [0.15, 0.2) is 30.9 Å². The third kappa shape index (κ3) is 5.00. The Morgan fingerprint density at radius 2 is 2.30 bits per heavy atom. The molecule has 0 aromatic rings. The van der Waals surface area contributed by atoms with Crippen molar-refractivity contribution >= 4 is 49.4 Å². The Morgan fingerprint density at radius 1 is 1.59 bits per heavy atom. The van der Waals surface area contributed by atoms with Gasteiger partial charge >= 0.3 is 0 Å². The number of aliphatic hydroxyl groups is 2. The summed E-state index contributed by atoms with van der Waals surface area (Å²) in [6.07, 6.45) is 0.0230. The number of nitrogens with two attached hydrogens (primary N) is 2. The molecule has 1 aliphatic heterocycles. The first-order valence-electron chi connectivity index (χ1n) is 7.97. The number of carbonyl (C=O) groups is 1. The summed E-state index contributed by atoms with van der Waals surface area (Å²) in [7, 11) is 1.47. The van der Waals surface area contributed by atoms with E-state index >= 15 is 0 Å². The summed E-state index contributed by atoms with van der Waals surface area (Å²) in [5.74, 6) is -0.128. The van der Waals surface area contributed by atoms with Gasteiger partial charge in [0.15, 0.2) is 11.6 Å². The maximum Gasteiger partial charge on any atom is 0.269 e. The van der Waals surface area contributed by atoms with Crippen molar-refractivity contribution in [2.45, 2.75) is 30.7 Å². The average Bonchev–Trinajstić information content (AvgIpc) is 3.03. The number of carbonyl (C=O) groups excluding carboxylic acids is 1. The van der Waals surface area contributed by atoms with Crippen LogP contribution in [0.5, 0.6) is 0 Å². The number of aliphatic imine (C=N–C) groups is 1. The maximum absolute atomic E-state index is 12.3. The lowest BCUT2D eigenvalue weighted by Crippen LogP contribution is -2.45. The van der Waals surface area contributed by atoms with E-state index in [9.17, 15) is 15.0 Å². The number of aliphatic hydroxyl groups excluding tert-OH is 2. The molecule has 0 saturated carbocycles. The zero-order valence-electron chi connectivity index (χ0n) is 14.5. The Bertz CT molecular complexity index is 719. The highest BCUT2D eigenvalue weighted by atomic mass is 79.9. The van der Waals surface area contributed by atoms with Gasteiger partial charge in [-0.3, -0.25) is 9.79 Å². The van der Waals surface area contributed by atoms with Crippen LogP contribution in [-0.4, -0.2) is 65.8 Å². The number of nitrogens with zero attached hydrogens (tertiary/aromatic N) is 2. The zero-order valence-corrected chi connectivity index (χ0v) is 17.7. The van der Waals surface area contributed by atoms with Crippen LogP contribution in [0.25, 0.3) is 0 Å². The van der Waals surface area contributed by atoms with E-state index in [4.69, 9.17) is 21.0 Å². The standard InChI is InChI=1S/C15H21Br2N5O5/c1-26-11-8(16)4-15(12(24)10(11)17)5-9(22-27-15)13(25)21-6-7(23)2-3-20-14(18)19/h4,7,12,23-24H,2-3,5-6H2,1H3,(H,21,25)(H4,18,19,20). The van der Waals surface area contributed by atoms with Gasteiger partial charge in [-0.15, -0.1) is 0 Å². The molecule has 2 aliphatic rings. The molecule has 0 aromatic carbocycles. The lowest BCUT2D eigenvalue weighted by molar-refractivity contribution is -0.115. The predicted octanol–water partition coefficient (Wildman–Crippen LogP) is -0.452. The summed E-state index contributed by atoms with van der Waals surface area (Å²) in [6.45, 7) is 0.254. The Hall–Kier alpha value is -1.63. The molecule has 1 aliphatic carbocycles. The van der Waals surface area contributed by atoms with Gasteiger partial charge in [0.1, 0.15) is 17.6 Å². The van der Waals surface area contributed by atoms with Crippen molar-refractivity contribution in [1.29, 1.82) is 0 Å². The topological polar surface area (TPSA) is 165 Å². The van der Waals surface area contributed by atoms with Crippen LogP contribution < -0.4 is 16.8 Å². The number of hydrogen-bond acceptors (Lipinski definition) is 7. The van der Waals surface area contributed by atoms with E-state index in [0.29, 0.717) is 14.7 Å². The molecule has 0 bridgehead atoms. The van der Waals surface area contributed by atoms with Crippen molar-refractivity contribution in [3.8, 4) is 0 Å². The molecular formula is C15H21Br2N5O5. The molecule has 2 rings (SSSR count). The molecule has 12 heteroatoms. The summed E-state index contributed by atoms with van der Waals surface area (Å²) >= 11 is 6.64. The predicted molar refractivity (Wildman–Crippen MR) is 106 cm³/mol. The van der Waals surface area contributed by atoms with Gasteiger partial charge in [0, 0.05) is 19.5 Å². The molecule has 3 unspecified atom stereocenters. The van der Waals surface area contributed by atoms with Crippen LogP contribution in [0.3, 0.4) is 0 Å². The van der Waals surface area contributed by atoms with E-state index < -0.39 is 23.7 Å². The number of methoxy groups -OCH3 is 1. The van der Waals surface area contributed by atoms with Crippen molar-refractivity contribution in [2.24, 2.45) is 21.6 Å². The molecule has 150 valence electrons. The van der Waals surface area contributed by atoms with Crippen molar-refractivity contribution in [2.75, 3.05) is 20.2 Å². The fourth-order valence-corrected chi connectivity index (χ4v) is 4.37. The molecule has 10 nitrogen and oxygen atoms in total. The average molecular weight is 511 g/mol. The molecule has 1 heterocycles. The van der Waals surface area contributed by atoms with Gasteiger partial charge in [-0.1, -0.05) is 5.16 Å². The first-order chi connectivity index (χ1) is 12.7. The monoisotopic (exact) mass is 509 g/mol. The Kier molecular flexibility index (Phi) is 7.25. The lowest BCUT2D eigenvalue weighted by atomic mass is 9.87. The molecule has 27 heavy (non-hydrogen) atoms. The number of rotatable bonds is 7. The second-order valence-corrected chi connectivity index (χ2v) is 7.70. The smallest absolute Gasteiger partial charge is 0.269 e. The van der Waals surface area contributed by atoms with Crippen molar-refractivity contribution in [1.82, 2.24) is 5.32 Å². The van der Waals surface area contributed by atoms with Crippen molar-refractivity contribution in [3.05, 3.63) is 20.8 Å². The SMILES string of the molecule is COC1=C(Br)C(O)C2(C=C1Br)CC(C(=O)NCC(O)CCN=C(N)N)=NO2. The van der Waals surface area contributed by atoms with E-state index in [1.165, 1.54) is 7.11 Å². The van der Waals surface area contributed by atoms with Crippen molar-refractivity contribution in [3.63, 3.8) is 0 Å². The number of hydrogen-bond donors (Lipinski definition) is 5. The van der Waals surface area contributed by atoms with Gasteiger partial charge in [-0.2, -0.15) is 0 Å². The van der Waals surface area contributed by atoms with Crippen LogP contribution in [0.4, 0.5) is 0 Å². The molecular weight excluding hydrogens is 490 g/mol. The number of halogens is 2. The van der Waals surface area contributed by atoms with Crippen LogP contribution in [0, 0.1) is 0 Å². The van der Waals surface area contributed by atoms with Gasteiger partial charge in [0.05, 0.1) is 22.2 Å². The first kappa shape index (κ1) is 21.7. The third-order valence-corrected chi connectivity index (χ3v) is 5.38. The van der Waals surface area contributed by atoms with Crippen LogP contribution in [-0.2, 0) is 14.4 Å². The number of nitrogens with one attached hydrogen (secondary N) is 1. The van der Waals surface area contributed by atoms with Crippen LogP contribution in [0.1, 0.15) is 12.8 Å². The van der Waals surface area contributed by atoms with E-state index in [1.807, 2.05) is 0 Å². The first-order valence-corrected chi connectivity index (χ1v) is 9.56. The fourth-order valence-electron chi connectivity index (χ4n) is 2.58. The molecule has 1 amide bonds. The zero-order chi connectivity index (χ0) is 20.2. The second kappa shape index (κ2) is 9.04. The van der Waals surface area contributed by atoms with Gasteiger partial charge in [0.2, 0.25) is 0 Å². The Morgan fingerprint density at radius 3 is 2.93 bits per heavy atom. The highest BCUT2D eigenvalue weighted by Crippen LogP contribution is 2.43. The number of amides is 1. The third-order valence-electron chi connectivity index (χ3n) is 4.00. The van der Waals surface area contributed by atoms with Gasteiger partial charge in [0.25, 0.3) is 5.91 Å². The summed E-state index contributed by atoms with van der Waals surface area (Å²) in [4.78, 5) is 21.4. The van der Waals surface area contributed by atoms with E-state index in [-0.39, 0.29) is 37.6 Å². The minimum atomic E-state index is -1.22. The highest BCUT2D eigenvalue weighted by Gasteiger charge is 2.50. The molecule has 0 saturated heterocycles. The molecule has 1 spiro atoms. The van der Waals surface area contributed by atoms with E-state index in [0.717, 1.165) is 0 Å². The lowest BCUT2D eigenvalue weighted by Gasteiger charge is -2.33. The van der Waals surface area contributed by atoms with Gasteiger partial charge in [-0.05, 0) is 44.4 Å². The van der Waals surface area contributed by atoms with E-state index in [1.54, 1.807) is 6.08 Å². The highest BCUT2D eigenvalue weighted by molar-refractivity contribution is 9.12. The molecule has 7 N–H and O–H groups in total. The maximum atomic E-state index is 12.3. The summed E-state index contributed by atoms with van der Waals surface area (Å²) < 4.78 is 6.15. The largest absolute Gasteiger partial charge is 0.495 e. The van der Waals surface area contributed by atoms with Crippen molar-refractivity contribution < 1.29 is 24.6 Å². The number of ether oxygens (including phenoxy) is 1. The quantitative estimate of drug-likeness (QED) is 0.228. The van der Waals surface area contributed by atoms with Gasteiger partial charge < -0.3 is 36.6 Å². The Balaban J connectivity index is 1.93. The second-order valence-electron chi connectivity index (χ2n) is 6.00. The van der Waals surface area contributed by atoms with Crippen LogP contribution >= 0.6 is 31.9 Å².